The molecule has 3 nitrogen and oxygen atoms in total. The average Bonchev–Trinajstić information content (AvgIpc) is 2.55. The second kappa shape index (κ2) is 4.53. The van der Waals surface area contributed by atoms with Gasteiger partial charge in [-0.3, -0.25) is 14.5 Å². The minimum absolute atomic E-state index is 0.209. The van der Waals surface area contributed by atoms with Crippen LogP contribution in [0, 0.1) is 13.8 Å². The van der Waals surface area contributed by atoms with Gasteiger partial charge in [-0.2, -0.15) is 0 Å². The summed E-state index contributed by atoms with van der Waals surface area (Å²) in [5.41, 5.74) is 3.57. The van der Waals surface area contributed by atoms with Crippen LogP contribution >= 0.6 is 0 Å². The van der Waals surface area contributed by atoms with Crippen molar-refractivity contribution in [3.05, 3.63) is 47.0 Å². The Kier molecular flexibility index (Phi) is 3.09. The average molecular weight is 229 g/mol. The summed E-state index contributed by atoms with van der Waals surface area (Å²) < 4.78 is 0. The lowest BCUT2D eigenvalue weighted by atomic mass is 10.0. The van der Waals surface area contributed by atoms with Gasteiger partial charge in [0.05, 0.1) is 0 Å². The number of nitrogens with zero attached hydrogens (tertiary/aromatic N) is 1. The van der Waals surface area contributed by atoms with Gasteiger partial charge in [0.1, 0.15) is 0 Å². The van der Waals surface area contributed by atoms with Crippen molar-refractivity contribution in [1.82, 2.24) is 4.90 Å². The van der Waals surface area contributed by atoms with Crippen LogP contribution in [0.3, 0.4) is 0 Å². The summed E-state index contributed by atoms with van der Waals surface area (Å²) in [5.74, 6) is -0.418. The van der Waals surface area contributed by atoms with E-state index in [0.29, 0.717) is 13.0 Å². The maximum Gasteiger partial charge on any atom is 0.253 e. The van der Waals surface area contributed by atoms with E-state index in [-0.39, 0.29) is 11.8 Å². The van der Waals surface area contributed by atoms with Crippen molar-refractivity contribution < 1.29 is 9.59 Å². The molecule has 1 aliphatic heterocycles. The van der Waals surface area contributed by atoms with Crippen LogP contribution in [-0.4, -0.2) is 23.3 Å². The van der Waals surface area contributed by atoms with Crippen LogP contribution in [-0.2, 0) is 16.0 Å². The molecular formula is C14H15NO2. The Bertz CT molecular complexity index is 465. The highest BCUT2D eigenvalue weighted by atomic mass is 16.2. The maximum absolute atomic E-state index is 11.4. The van der Waals surface area contributed by atoms with Crippen molar-refractivity contribution in [3.63, 3.8) is 0 Å². The molecule has 1 aromatic carbocycles. The Morgan fingerprint density at radius 1 is 0.941 bits per heavy atom. The molecular weight excluding hydrogens is 214 g/mol. The molecule has 2 rings (SSSR count). The van der Waals surface area contributed by atoms with Gasteiger partial charge in [0.15, 0.2) is 0 Å². The van der Waals surface area contributed by atoms with Crippen LogP contribution in [0.2, 0.25) is 0 Å². The van der Waals surface area contributed by atoms with Crippen molar-refractivity contribution in [3.8, 4) is 0 Å². The number of amides is 2. The first-order valence-electron chi connectivity index (χ1n) is 5.67. The van der Waals surface area contributed by atoms with E-state index in [4.69, 9.17) is 0 Å². The minimum atomic E-state index is -0.209. The second-order valence-electron chi connectivity index (χ2n) is 4.41. The molecule has 0 aromatic heterocycles. The van der Waals surface area contributed by atoms with Gasteiger partial charge < -0.3 is 0 Å². The van der Waals surface area contributed by atoms with Crippen molar-refractivity contribution in [1.29, 1.82) is 0 Å². The first-order valence-corrected chi connectivity index (χ1v) is 5.67. The van der Waals surface area contributed by atoms with Gasteiger partial charge in [-0.25, -0.2) is 0 Å². The molecule has 0 saturated heterocycles. The van der Waals surface area contributed by atoms with E-state index in [1.165, 1.54) is 28.2 Å². The molecule has 1 heterocycles. The Balaban J connectivity index is 2.03. The van der Waals surface area contributed by atoms with E-state index >= 15 is 0 Å². The lowest BCUT2D eigenvalue weighted by molar-refractivity contribution is -0.136. The highest BCUT2D eigenvalue weighted by Gasteiger charge is 2.22. The fourth-order valence-corrected chi connectivity index (χ4v) is 2.11. The fraction of sp³-hybridized carbons (Fsp3) is 0.286. The highest BCUT2D eigenvalue weighted by molar-refractivity contribution is 6.12. The summed E-state index contributed by atoms with van der Waals surface area (Å²) in [7, 11) is 0. The number of carbonyl (C=O) groups is 2. The molecule has 17 heavy (non-hydrogen) atoms. The predicted molar refractivity (Wildman–Crippen MR) is 65.5 cm³/mol. The van der Waals surface area contributed by atoms with Gasteiger partial charge in [0.2, 0.25) is 0 Å². The number of imide groups is 1. The van der Waals surface area contributed by atoms with Crippen LogP contribution in [0.15, 0.2) is 30.4 Å². The molecule has 0 atom stereocenters. The molecule has 0 N–H and O–H groups in total. The van der Waals surface area contributed by atoms with Crippen molar-refractivity contribution in [2.75, 3.05) is 6.54 Å². The number of benzene rings is 1. The number of carbonyl (C=O) groups excluding carboxylic acids is 2. The number of hydrogen-bond donors (Lipinski definition) is 0. The first kappa shape index (κ1) is 11.6. The summed E-state index contributed by atoms with van der Waals surface area (Å²) in [6.07, 6.45) is 3.36. The number of rotatable bonds is 3. The Labute approximate surface area is 101 Å². The van der Waals surface area contributed by atoms with Crippen LogP contribution in [0.4, 0.5) is 0 Å². The number of aryl methyl sites for hydroxylation is 2. The van der Waals surface area contributed by atoms with Crippen LogP contribution in [0.1, 0.15) is 16.7 Å². The zero-order chi connectivity index (χ0) is 12.4. The normalized spacial score (nSPS) is 14.8. The van der Waals surface area contributed by atoms with E-state index < -0.39 is 0 Å². The summed E-state index contributed by atoms with van der Waals surface area (Å²) in [6.45, 7) is 4.54. The third-order valence-electron chi connectivity index (χ3n) is 2.81. The molecule has 0 radical (unpaired) electrons. The fourth-order valence-electron chi connectivity index (χ4n) is 2.11. The largest absolute Gasteiger partial charge is 0.275 e. The molecule has 1 aliphatic rings. The van der Waals surface area contributed by atoms with Gasteiger partial charge in [-0.05, 0) is 25.8 Å². The van der Waals surface area contributed by atoms with E-state index in [9.17, 15) is 9.59 Å². The molecule has 1 aromatic rings. The predicted octanol–water partition coefficient (Wildman–Crippen LogP) is 1.77. The monoisotopic (exact) mass is 229 g/mol. The smallest absolute Gasteiger partial charge is 0.253 e. The molecule has 0 spiro atoms. The number of hydrogen-bond acceptors (Lipinski definition) is 2. The van der Waals surface area contributed by atoms with Crippen LogP contribution < -0.4 is 0 Å². The van der Waals surface area contributed by atoms with E-state index in [1.54, 1.807) is 0 Å². The lowest BCUT2D eigenvalue weighted by Gasteiger charge is -2.14. The molecule has 0 unspecified atom stereocenters. The van der Waals surface area contributed by atoms with Gasteiger partial charge in [0.25, 0.3) is 11.8 Å². The molecule has 0 saturated carbocycles. The summed E-state index contributed by atoms with van der Waals surface area (Å²) in [4.78, 5) is 24.0. The maximum atomic E-state index is 11.4. The highest BCUT2D eigenvalue weighted by Crippen LogP contribution is 2.11. The Morgan fingerprint density at radius 3 is 2.00 bits per heavy atom. The molecule has 88 valence electrons. The van der Waals surface area contributed by atoms with Crippen LogP contribution in [0.25, 0.3) is 0 Å². The third kappa shape index (κ3) is 2.61. The minimum Gasteiger partial charge on any atom is -0.275 e. The summed E-state index contributed by atoms with van der Waals surface area (Å²) in [6, 6.07) is 6.29. The lowest BCUT2D eigenvalue weighted by Crippen LogP contribution is -2.31. The third-order valence-corrected chi connectivity index (χ3v) is 2.81. The van der Waals surface area contributed by atoms with E-state index in [0.717, 1.165) is 5.56 Å². The van der Waals surface area contributed by atoms with Gasteiger partial charge >= 0.3 is 0 Å². The van der Waals surface area contributed by atoms with E-state index in [2.05, 4.69) is 18.2 Å². The van der Waals surface area contributed by atoms with Crippen molar-refractivity contribution >= 4 is 11.8 Å². The summed E-state index contributed by atoms with van der Waals surface area (Å²) in [5, 5.41) is 0. The molecule has 3 heteroatoms. The zero-order valence-corrected chi connectivity index (χ0v) is 10.1. The van der Waals surface area contributed by atoms with Crippen molar-refractivity contribution in [2.45, 2.75) is 20.3 Å². The van der Waals surface area contributed by atoms with Crippen molar-refractivity contribution in [2.24, 2.45) is 0 Å². The SMILES string of the molecule is Cc1cc(C)cc(CCN2C(=O)C=CC2=O)c1. The van der Waals surface area contributed by atoms with Crippen LogP contribution in [0.5, 0.6) is 0 Å². The van der Waals surface area contributed by atoms with Gasteiger partial charge in [0, 0.05) is 18.7 Å². The molecule has 0 bridgehead atoms. The second-order valence-corrected chi connectivity index (χ2v) is 4.41. The Morgan fingerprint density at radius 2 is 1.47 bits per heavy atom. The summed E-state index contributed by atoms with van der Waals surface area (Å²) >= 11 is 0. The Hall–Kier alpha value is -1.90. The molecule has 2 amide bonds. The molecule has 0 aliphatic carbocycles. The topological polar surface area (TPSA) is 37.4 Å². The standard InChI is InChI=1S/C14H15NO2/c1-10-7-11(2)9-12(8-10)5-6-15-13(16)3-4-14(15)17/h3-4,7-9H,5-6H2,1-2H3. The zero-order valence-electron chi connectivity index (χ0n) is 10.1. The van der Waals surface area contributed by atoms with E-state index in [1.807, 2.05) is 13.8 Å². The molecule has 0 fully saturated rings. The van der Waals surface area contributed by atoms with Gasteiger partial charge in [-0.15, -0.1) is 0 Å². The van der Waals surface area contributed by atoms with Gasteiger partial charge in [-0.1, -0.05) is 29.3 Å². The quantitative estimate of drug-likeness (QED) is 0.741. The first-order chi connectivity index (χ1) is 8.06.